The molecule has 1 aliphatic heterocycles. The van der Waals surface area contributed by atoms with Crippen LogP contribution in [-0.2, 0) is 30.8 Å². The summed E-state index contributed by atoms with van der Waals surface area (Å²) in [5, 5.41) is 0. The molecule has 1 aliphatic rings. The van der Waals surface area contributed by atoms with Gasteiger partial charge in [0, 0.05) is 26.2 Å². The van der Waals surface area contributed by atoms with Gasteiger partial charge in [-0.1, -0.05) is 11.3 Å². The van der Waals surface area contributed by atoms with Gasteiger partial charge in [0.15, 0.2) is 4.80 Å². The molecule has 31 heavy (non-hydrogen) atoms. The van der Waals surface area contributed by atoms with E-state index in [1.807, 2.05) is 11.5 Å². The molecule has 11 heteroatoms. The van der Waals surface area contributed by atoms with E-state index in [1.54, 1.807) is 18.2 Å². The molecule has 9 nitrogen and oxygen atoms in total. The van der Waals surface area contributed by atoms with Crippen molar-refractivity contribution in [3.05, 3.63) is 28.6 Å². The van der Waals surface area contributed by atoms with Crippen molar-refractivity contribution in [2.45, 2.75) is 26.3 Å². The number of benzene rings is 1. The number of thiazole rings is 1. The highest BCUT2D eigenvalue weighted by Gasteiger charge is 2.30. The Balaban J connectivity index is 1.97. The highest BCUT2D eigenvalue weighted by Crippen LogP contribution is 2.22. The number of piperidine rings is 1. The molecule has 0 saturated carbocycles. The van der Waals surface area contributed by atoms with Crippen LogP contribution in [0.4, 0.5) is 0 Å². The lowest BCUT2D eigenvalue weighted by Crippen LogP contribution is -2.41. The fraction of sp³-hybridized carbons (Fsp3) is 0.550. The van der Waals surface area contributed by atoms with E-state index in [4.69, 9.17) is 9.47 Å². The van der Waals surface area contributed by atoms with Crippen LogP contribution in [0.25, 0.3) is 10.2 Å². The van der Waals surface area contributed by atoms with Crippen LogP contribution in [0.5, 0.6) is 0 Å². The van der Waals surface area contributed by atoms with E-state index in [9.17, 15) is 18.0 Å². The van der Waals surface area contributed by atoms with Crippen LogP contribution in [0.15, 0.2) is 23.2 Å². The number of methoxy groups -OCH3 is 1. The molecule has 170 valence electrons. The average Bonchev–Trinajstić information content (AvgIpc) is 3.09. The summed E-state index contributed by atoms with van der Waals surface area (Å²) in [6.45, 7) is 4.01. The maximum absolute atomic E-state index is 12.9. The van der Waals surface area contributed by atoms with Crippen LogP contribution in [0, 0.1) is 5.92 Å². The summed E-state index contributed by atoms with van der Waals surface area (Å²) >= 11 is 1.30. The van der Waals surface area contributed by atoms with Crippen molar-refractivity contribution in [1.82, 2.24) is 8.87 Å². The second-order valence-electron chi connectivity index (χ2n) is 7.32. The molecule has 0 spiro atoms. The molecule has 2 heterocycles. The first-order chi connectivity index (χ1) is 14.7. The maximum Gasteiger partial charge on any atom is 0.337 e. The van der Waals surface area contributed by atoms with Gasteiger partial charge in [0.25, 0.3) is 5.91 Å². The van der Waals surface area contributed by atoms with Crippen molar-refractivity contribution in [2.24, 2.45) is 10.9 Å². The Morgan fingerprint density at radius 1 is 1.32 bits per heavy atom. The lowest BCUT2D eigenvalue weighted by molar-refractivity contribution is -0.122. The predicted octanol–water partition coefficient (Wildman–Crippen LogP) is 1.62. The Bertz CT molecular complexity index is 1140. The van der Waals surface area contributed by atoms with Gasteiger partial charge in [-0.05, 0) is 38.0 Å². The van der Waals surface area contributed by atoms with Gasteiger partial charge >= 0.3 is 5.97 Å². The first kappa shape index (κ1) is 23.6. The summed E-state index contributed by atoms with van der Waals surface area (Å²) in [6, 6.07) is 5.20. The molecule has 1 aromatic carbocycles. The van der Waals surface area contributed by atoms with E-state index in [1.165, 1.54) is 22.8 Å². The van der Waals surface area contributed by atoms with Crippen LogP contribution in [0.2, 0.25) is 0 Å². The minimum Gasteiger partial charge on any atom is -0.465 e. The second-order valence-corrected chi connectivity index (χ2v) is 10.3. The van der Waals surface area contributed by atoms with Gasteiger partial charge in [-0.3, -0.25) is 4.79 Å². The van der Waals surface area contributed by atoms with Crippen molar-refractivity contribution in [3.63, 3.8) is 0 Å². The number of aromatic nitrogens is 1. The van der Waals surface area contributed by atoms with E-state index in [2.05, 4.69) is 4.99 Å². The Hall–Kier alpha value is -2.08. The number of rotatable bonds is 7. The Labute approximate surface area is 185 Å². The SMILES string of the molecule is CCOCCn1c(=NC(=O)C2CCCN(S(C)(=O)=O)C2)sc2cc(C(=O)OC)ccc21. The number of carbonyl (C=O) groups excluding carboxylic acids is 2. The summed E-state index contributed by atoms with van der Waals surface area (Å²) in [5.41, 5.74) is 1.26. The van der Waals surface area contributed by atoms with Crippen LogP contribution >= 0.6 is 11.3 Å². The zero-order chi connectivity index (χ0) is 22.6. The third-order valence-electron chi connectivity index (χ3n) is 5.18. The number of nitrogens with zero attached hydrogens (tertiary/aromatic N) is 3. The van der Waals surface area contributed by atoms with Gasteiger partial charge in [0.1, 0.15) is 0 Å². The fourth-order valence-corrected chi connectivity index (χ4v) is 5.56. The van der Waals surface area contributed by atoms with Crippen molar-refractivity contribution >= 4 is 43.5 Å². The molecule has 0 bridgehead atoms. The summed E-state index contributed by atoms with van der Waals surface area (Å²) < 4.78 is 38.0. The molecule has 2 aromatic rings. The number of carbonyl (C=O) groups is 2. The lowest BCUT2D eigenvalue weighted by atomic mass is 9.99. The summed E-state index contributed by atoms with van der Waals surface area (Å²) in [4.78, 5) is 29.7. The van der Waals surface area contributed by atoms with Gasteiger partial charge in [0.2, 0.25) is 10.0 Å². The molecular formula is C20H27N3O6S2. The minimum absolute atomic E-state index is 0.150. The third-order valence-corrected chi connectivity index (χ3v) is 7.49. The Morgan fingerprint density at radius 3 is 2.77 bits per heavy atom. The molecule has 3 rings (SSSR count). The van der Waals surface area contributed by atoms with E-state index in [0.29, 0.717) is 49.5 Å². The Morgan fingerprint density at radius 2 is 2.10 bits per heavy atom. The average molecular weight is 470 g/mol. The predicted molar refractivity (Wildman–Crippen MR) is 117 cm³/mol. The van der Waals surface area contributed by atoms with Crippen molar-refractivity contribution in [3.8, 4) is 0 Å². The molecule has 0 N–H and O–H groups in total. The van der Waals surface area contributed by atoms with Crippen LogP contribution in [-0.4, -0.2) is 68.8 Å². The zero-order valence-corrected chi connectivity index (χ0v) is 19.5. The largest absolute Gasteiger partial charge is 0.465 e. The highest BCUT2D eigenvalue weighted by atomic mass is 32.2. The number of esters is 1. The first-order valence-corrected chi connectivity index (χ1v) is 12.7. The first-order valence-electron chi connectivity index (χ1n) is 10.1. The molecule has 1 amide bonds. The van der Waals surface area contributed by atoms with Crippen LogP contribution in [0.1, 0.15) is 30.1 Å². The lowest BCUT2D eigenvalue weighted by Gasteiger charge is -2.28. The maximum atomic E-state index is 12.9. The summed E-state index contributed by atoms with van der Waals surface area (Å²) in [5.74, 6) is -1.24. The van der Waals surface area contributed by atoms with Gasteiger partial charge in [-0.25, -0.2) is 17.5 Å². The van der Waals surface area contributed by atoms with Crippen LogP contribution < -0.4 is 4.80 Å². The van der Waals surface area contributed by atoms with E-state index in [0.717, 1.165) is 16.5 Å². The standard InChI is InChI=1S/C20H27N3O6S2/c1-4-29-11-10-23-16-8-7-14(19(25)28-2)12-17(16)30-20(23)21-18(24)15-6-5-9-22(13-15)31(3,26)27/h7-8,12,15H,4-6,9-11,13H2,1-3H3. The molecule has 0 aliphatic carbocycles. The molecule has 1 aromatic heterocycles. The van der Waals surface area contributed by atoms with Gasteiger partial charge in [-0.2, -0.15) is 4.99 Å². The minimum atomic E-state index is -3.35. The van der Waals surface area contributed by atoms with Gasteiger partial charge in [0.05, 0.1) is 41.7 Å². The van der Waals surface area contributed by atoms with E-state index < -0.39 is 21.9 Å². The summed E-state index contributed by atoms with van der Waals surface area (Å²) in [7, 11) is -2.02. The number of sulfonamides is 1. The van der Waals surface area contributed by atoms with E-state index in [-0.39, 0.29) is 12.5 Å². The van der Waals surface area contributed by atoms with Gasteiger partial charge in [-0.15, -0.1) is 0 Å². The Kier molecular flexibility index (Phi) is 7.63. The monoisotopic (exact) mass is 469 g/mol. The van der Waals surface area contributed by atoms with Crippen molar-refractivity contribution < 1.29 is 27.5 Å². The number of ether oxygens (including phenoxy) is 2. The zero-order valence-electron chi connectivity index (χ0n) is 17.9. The number of hydrogen-bond acceptors (Lipinski definition) is 7. The molecule has 1 atom stereocenters. The third kappa shape index (κ3) is 5.59. The number of fused-ring (bicyclic) bond motifs is 1. The van der Waals surface area contributed by atoms with E-state index >= 15 is 0 Å². The number of hydrogen-bond donors (Lipinski definition) is 0. The number of amides is 1. The normalized spacial score (nSPS) is 18.4. The summed E-state index contributed by atoms with van der Waals surface area (Å²) in [6.07, 6.45) is 2.38. The molecule has 1 fully saturated rings. The molecular weight excluding hydrogens is 442 g/mol. The topological polar surface area (TPSA) is 107 Å². The van der Waals surface area contributed by atoms with Crippen molar-refractivity contribution in [2.75, 3.05) is 39.7 Å². The molecule has 1 unspecified atom stereocenters. The fourth-order valence-electron chi connectivity index (χ4n) is 3.55. The quantitative estimate of drug-likeness (QED) is 0.451. The van der Waals surface area contributed by atoms with Gasteiger partial charge < -0.3 is 14.0 Å². The van der Waals surface area contributed by atoms with Crippen molar-refractivity contribution in [1.29, 1.82) is 0 Å². The molecule has 1 saturated heterocycles. The molecule has 0 radical (unpaired) electrons. The van der Waals surface area contributed by atoms with Crippen LogP contribution in [0.3, 0.4) is 0 Å². The smallest absolute Gasteiger partial charge is 0.337 e. The second kappa shape index (κ2) is 10.0. The highest BCUT2D eigenvalue weighted by molar-refractivity contribution is 7.88.